The van der Waals surface area contributed by atoms with E-state index in [4.69, 9.17) is 49.5 Å². The number of methoxy groups -OCH3 is 4. The maximum absolute atomic E-state index is 13.6. The van der Waals surface area contributed by atoms with Crippen LogP contribution in [0.1, 0.15) is 62.2 Å². The highest BCUT2D eigenvalue weighted by atomic mass is 35.5. The van der Waals surface area contributed by atoms with Crippen molar-refractivity contribution in [3.63, 3.8) is 0 Å². The summed E-state index contributed by atoms with van der Waals surface area (Å²) >= 11 is 5.67. The highest BCUT2D eigenvalue weighted by molar-refractivity contribution is 6.18. The second kappa shape index (κ2) is 24.5. The minimum Gasteiger partial charge on any atom is -0.493 e. The van der Waals surface area contributed by atoms with Crippen LogP contribution in [0.5, 0.6) is 57.5 Å². The average molecular weight is 1000 g/mol. The van der Waals surface area contributed by atoms with Gasteiger partial charge in [0, 0.05) is 53.0 Å². The number of hydrogen-bond acceptors (Lipinski definition) is 13. The number of ketones is 2. The zero-order valence-corrected chi connectivity index (χ0v) is 42.6. The van der Waals surface area contributed by atoms with E-state index in [1.807, 2.05) is 80.6 Å². The first-order valence-electron chi connectivity index (χ1n) is 24.0. The Morgan fingerprint density at radius 3 is 1.34 bits per heavy atom. The van der Waals surface area contributed by atoms with Crippen molar-refractivity contribution in [2.24, 2.45) is 0 Å². The van der Waals surface area contributed by atoms with E-state index >= 15 is 0 Å². The van der Waals surface area contributed by atoms with Crippen molar-refractivity contribution in [1.29, 1.82) is 0 Å². The molecule has 0 atom stereocenters. The number of piperidine rings is 1. The average Bonchev–Trinajstić information content (AvgIpc) is 3.43. The Morgan fingerprint density at radius 1 is 0.493 bits per heavy atom. The Morgan fingerprint density at radius 2 is 0.918 bits per heavy atom. The number of alkyl halides is 1. The standard InChI is InChI=1S/C32H34N2O5.C27H24ClNO5/c1-22-7-12-28(39-29-13-14-33-27-21-31(37-3)30(36-2)20-25(27)29)26(19-22)32(35)23-8-10-24(11-9-23)38-18-17-34-15-5-4-6-16-34;1-17-4-9-23(21(14-17)27(30)18-5-7-19(8-6-18)33-13-11-28)34-24-10-12-29-22-16-26(32-3)25(31-2)15-20(22)24/h7-14,19-21H,4-6,15-18H2,1-3H3;4-10,12,14-16H,11,13H2,1-3H3. The number of hydrogen-bond donors (Lipinski definition) is 0. The van der Waals surface area contributed by atoms with Crippen molar-refractivity contribution in [1.82, 2.24) is 14.9 Å². The highest BCUT2D eigenvalue weighted by Crippen LogP contribution is 2.40. The van der Waals surface area contributed by atoms with Gasteiger partial charge < -0.3 is 37.9 Å². The van der Waals surface area contributed by atoms with Crippen LogP contribution in [0, 0.1) is 13.8 Å². The normalized spacial score (nSPS) is 12.3. The molecule has 0 bridgehead atoms. The molecule has 0 aliphatic carbocycles. The van der Waals surface area contributed by atoms with Crippen molar-refractivity contribution in [2.75, 3.05) is 67.2 Å². The van der Waals surface area contributed by atoms with Gasteiger partial charge in [-0.1, -0.05) is 29.7 Å². The predicted molar refractivity (Wildman–Crippen MR) is 284 cm³/mol. The van der Waals surface area contributed by atoms with Crippen LogP contribution in [0.2, 0.25) is 0 Å². The molecule has 3 heterocycles. The van der Waals surface area contributed by atoms with E-state index < -0.39 is 0 Å². The molecule has 9 rings (SSSR count). The van der Waals surface area contributed by atoms with Gasteiger partial charge in [-0.25, -0.2) is 0 Å². The number of benzene rings is 6. The zero-order valence-electron chi connectivity index (χ0n) is 41.9. The van der Waals surface area contributed by atoms with Crippen molar-refractivity contribution >= 4 is 45.0 Å². The molecule has 376 valence electrons. The van der Waals surface area contributed by atoms with Gasteiger partial charge in [0.05, 0.1) is 56.5 Å². The second-order valence-electron chi connectivity index (χ2n) is 17.3. The molecular weight excluding hydrogens is 946 g/mol. The zero-order chi connectivity index (χ0) is 51.3. The third-order valence-electron chi connectivity index (χ3n) is 12.3. The minimum absolute atomic E-state index is 0.119. The molecular formula is C59H58ClN3O10. The summed E-state index contributed by atoms with van der Waals surface area (Å²) in [6.07, 6.45) is 7.18. The molecule has 0 radical (unpaired) electrons. The topological polar surface area (TPSA) is 137 Å². The number of fused-ring (bicyclic) bond motifs is 2. The van der Waals surface area contributed by atoms with E-state index in [1.54, 1.807) is 95.4 Å². The largest absolute Gasteiger partial charge is 0.493 e. The monoisotopic (exact) mass is 1000 g/mol. The molecule has 0 saturated carbocycles. The van der Waals surface area contributed by atoms with E-state index in [0.717, 1.165) is 47.3 Å². The smallest absolute Gasteiger partial charge is 0.196 e. The van der Waals surface area contributed by atoms with Crippen molar-refractivity contribution in [3.05, 3.63) is 167 Å². The van der Waals surface area contributed by atoms with E-state index in [2.05, 4.69) is 14.9 Å². The molecule has 2 aromatic heterocycles. The molecule has 14 heteroatoms. The van der Waals surface area contributed by atoms with Gasteiger partial charge in [-0.15, -0.1) is 11.6 Å². The first-order chi connectivity index (χ1) is 35.6. The fraction of sp³-hybridized carbons (Fsp3) is 0.254. The van der Waals surface area contributed by atoms with Crippen LogP contribution >= 0.6 is 11.6 Å². The molecule has 0 spiro atoms. The number of ether oxygens (including phenoxy) is 8. The number of halogens is 1. The molecule has 0 amide bonds. The number of nitrogens with zero attached hydrogens (tertiary/aromatic N) is 3. The number of aryl methyl sites for hydroxylation is 2. The van der Waals surface area contributed by atoms with E-state index in [0.29, 0.717) is 104 Å². The number of aromatic nitrogens is 2. The first-order valence-corrected chi connectivity index (χ1v) is 24.5. The maximum atomic E-state index is 13.6. The number of likely N-dealkylation sites (tertiary alicyclic amines) is 1. The lowest BCUT2D eigenvalue weighted by molar-refractivity contribution is 0.102. The lowest BCUT2D eigenvalue weighted by Gasteiger charge is -2.26. The molecule has 1 fully saturated rings. The summed E-state index contributed by atoms with van der Waals surface area (Å²) in [5.74, 6) is 5.86. The first kappa shape index (κ1) is 51.5. The number of rotatable bonds is 19. The molecule has 1 aliphatic rings. The number of carbonyl (C=O) groups excluding carboxylic acids is 2. The summed E-state index contributed by atoms with van der Waals surface area (Å²) < 4.78 is 45.8. The summed E-state index contributed by atoms with van der Waals surface area (Å²) in [6.45, 7) is 8.15. The van der Waals surface area contributed by atoms with Crippen LogP contribution in [-0.2, 0) is 0 Å². The van der Waals surface area contributed by atoms with E-state index in [1.165, 1.54) is 19.3 Å². The molecule has 0 N–H and O–H groups in total. The van der Waals surface area contributed by atoms with Gasteiger partial charge in [0.25, 0.3) is 0 Å². The summed E-state index contributed by atoms with van der Waals surface area (Å²) in [6, 6.07) is 36.2. The summed E-state index contributed by atoms with van der Waals surface area (Å²) in [7, 11) is 6.32. The molecule has 1 saturated heterocycles. The quantitative estimate of drug-likeness (QED) is 0.0562. The Kier molecular flexibility index (Phi) is 17.3. The highest BCUT2D eigenvalue weighted by Gasteiger charge is 2.21. The third kappa shape index (κ3) is 12.6. The van der Waals surface area contributed by atoms with Crippen LogP contribution < -0.4 is 37.9 Å². The van der Waals surface area contributed by atoms with Crippen LogP contribution in [0.4, 0.5) is 0 Å². The SMILES string of the molecule is COc1cc2nccc(Oc3ccc(C)cc3C(=O)c3ccc(OCCCl)cc3)c2cc1OC.COc1cc2nccc(Oc3ccc(C)cc3C(=O)c3ccc(OCCN4CCCCC4)cc3)c2cc1OC. The predicted octanol–water partition coefficient (Wildman–Crippen LogP) is 12.6. The Balaban J connectivity index is 0.000000197. The van der Waals surface area contributed by atoms with Gasteiger partial charge in [0.1, 0.15) is 47.7 Å². The molecule has 6 aromatic carbocycles. The van der Waals surface area contributed by atoms with Crippen molar-refractivity contribution in [2.45, 2.75) is 33.1 Å². The van der Waals surface area contributed by atoms with E-state index in [-0.39, 0.29) is 11.6 Å². The lowest BCUT2D eigenvalue weighted by Crippen LogP contribution is -2.33. The van der Waals surface area contributed by atoms with Crippen LogP contribution in [-0.4, -0.2) is 93.6 Å². The Bertz CT molecular complexity index is 3200. The second-order valence-corrected chi connectivity index (χ2v) is 17.6. The molecule has 8 aromatic rings. The molecule has 13 nitrogen and oxygen atoms in total. The maximum Gasteiger partial charge on any atom is 0.196 e. The third-order valence-corrected chi connectivity index (χ3v) is 12.5. The molecule has 1 aliphatic heterocycles. The Labute approximate surface area is 430 Å². The Hall–Kier alpha value is -7.87. The van der Waals surface area contributed by atoms with Gasteiger partial charge in [-0.3, -0.25) is 24.5 Å². The summed E-state index contributed by atoms with van der Waals surface area (Å²) in [4.78, 5) is 38.3. The fourth-order valence-electron chi connectivity index (χ4n) is 8.48. The van der Waals surface area contributed by atoms with Gasteiger partial charge in [-0.2, -0.15) is 0 Å². The van der Waals surface area contributed by atoms with Crippen molar-refractivity contribution < 1.29 is 47.5 Å². The van der Waals surface area contributed by atoms with Gasteiger partial charge >= 0.3 is 0 Å². The minimum atomic E-state index is -0.153. The lowest BCUT2D eigenvalue weighted by atomic mass is 10.0. The van der Waals surface area contributed by atoms with Crippen LogP contribution in [0.15, 0.2) is 134 Å². The number of pyridine rings is 2. The summed E-state index contributed by atoms with van der Waals surface area (Å²) in [5.41, 5.74) is 5.33. The van der Waals surface area contributed by atoms with Crippen LogP contribution in [0.3, 0.4) is 0 Å². The van der Waals surface area contributed by atoms with Crippen molar-refractivity contribution in [3.8, 4) is 57.5 Å². The molecule has 73 heavy (non-hydrogen) atoms. The van der Waals surface area contributed by atoms with E-state index in [9.17, 15) is 9.59 Å². The van der Waals surface area contributed by atoms with Gasteiger partial charge in [0.15, 0.2) is 34.6 Å². The van der Waals surface area contributed by atoms with Gasteiger partial charge in [-0.05, 0) is 137 Å². The summed E-state index contributed by atoms with van der Waals surface area (Å²) in [5, 5.41) is 1.49. The van der Waals surface area contributed by atoms with Crippen LogP contribution in [0.25, 0.3) is 21.8 Å². The molecule has 0 unspecified atom stereocenters. The fourth-order valence-corrected chi connectivity index (χ4v) is 8.56. The number of carbonyl (C=O) groups is 2. The van der Waals surface area contributed by atoms with Gasteiger partial charge in [0.2, 0.25) is 0 Å².